The molecule has 0 aliphatic carbocycles. The largest absolute Gasteiger partial charge is 0.480 e. The number of carboxylic acid groups (broad SMARTS) is 1. The molecular weight excluding hydrogens is 296 g/mol. The minimum atomic E-state index is -3.49. The number of rotatable bonds is 7. The lowest BCUT2D eigenvalue weighted by molar-refractivity contribution is -0.145. The van der Waals surface area contributed by atoms with Crippen LogP contribution >= 0.6 is 0 Å². The van der Waals surface area contributed by atoms with Crippen LogP contribution in [0.3, 0.4) is 0 Å². The van der Waals surface area contributed by atoms with Gasteiger partial charge in [-0.3, -0.25) is 9.59 Å². The Bertz CT molecular complexity index is 537. The van der Waals surface area contributed by atoms with Crippen LogP contribution in [0.4, 0.5) is 0 Å². The molecule has 0 saturated carbocycles. The van der Waals surface area contributed by atoms with Crippen molar-refractivity contribution in [3.63, 3.8) is 0 Å². The van der Waals surface area contributed by atoms with Gasteiger partial charge in [-0.1, -0.05) is 12.8 Å². The van der Waals surface area contributed by atoms with Gasteiger partial charge in [-0.15, -0.1) is 6.42 Å². The van der Waals surface area contributed by atoms with Crippen molar-refractivity contribution in [2.45, 2.75) is 32.2 Å². The summed E-state index contributed by atoms with van der Waals surface area (Å²) >= 11 is 0. The summed E-state index contributed by atoms with van der Waals surface area (Å²) in [6.07, 6.45) is 6.57. The van der Waals surface area contributed by atoms with E-state index in [1.807, 2.05) is 0 Å². The second-order valence-electron chi connectivity index (χ2n) is 4.88. The molecule has 0 aromatic carbocycles. The average molecular weight is 316 g/mol. The van der Waals surface area contributed by atoms with Crippen LogP contribution in [0.1, 0.15) is 26.2 Å². The van der Waals surface area contributed by atoms with Crippen LogP contribution in [0.2, 0.25) is 0 Å². The van der Waals surface area contributed by atoms with E-state index in [0.717, 1.165) is 4.90 Å². The molecule has 1 unspecified atom stereocenters. The molecule has 118 valence electrons. The van der Waals surface area contributed by atoms with Crippen molar-refractivity contribution in [1.82, 2.24) is 9.21 Å². The first-order chi connectivity index (χ1) is 9.83. The van der Waals surface area contributed by atoms with Crippen LogP contribution in [-0.4, -0.2) is 66.0 Å². The predicted molar refractivity (Wildman–Crippen MR) is 76.9 cm³/mol. The number of carbonyl (C=O) groups is 2. The lowest BCUT2D eigenvalue weighted by atomic mass is 10.2. The maximum Gasteiger partial charge on any atom is 0.323 e. The molecule has 0 bridgehead atoms. The fourth-order valence-corrected chi connectivity index (χ4v) is 4.13. The maximum atomic E-state index is 12.4. The highest BCUT2D eigenvalue weighted by Gasteiger charge is 2.40. The van der Waals surface area contributed by atoms with E-state index in [9.17, 15) is 18.0 Å². The van der Waals surface area contributed by atoms with Gasteiger partial charge in [0.1, 0.15) is 12.6 Å². The highest BCUT2D eigenvalue weighted by atomic mass is 32.2. The summed E-state index contributed by atoms with van der Waals surface area (Å²) in [6, 6.07) is -0.839. The number of carboxylic acids is 1. The van der Waals surface area contributed by atoms with E-state index >= 15 is 0 Å². The van der Waals surface area contributed by atoms with Crippen molar-refractivity contribution in [3.05, 3.63) is 0 Å². The first kappa shape index (κ1) is 17.5. The van der Waals surface area contributed by atoms with E-state index < -0.39 is 34.5 Å². The zero-order valence-corrected chi connectivity index (χ0v) is 12.8. The molecule has 1 amide bonds. The van der Waals surface area contributed by atoms with Gasteiger partial charge in [0.05, 0.1) is 12.3 Å². The minimum absolute atomic E-state index is 0.0230. The second kappa shape index (κ2) is 7.43. The summed E-state index contributed by atoms with van der Waals surface area (Å²) in [5.41, 5.74) is 0. The lowest BCUT2D eigenvalue weighted by Crippen LogP contribution is -2.49. The molecule has 1 rings (SSSR count). The van der Waals surface area contributed by atoms with Crippen LogP contribution < -0.4 is 0 Å². The summed E-state index contributed by atoms with van der Waals surface area (Å²) in [5.74, 6) is 0.491. The van der Waals surface area contributed by atoms with Gasteiger partial charge >= 0.3 is 5.97 Å². The van der Waals surface area contributed by atoms with Crippen molar-refractivity contribution in [3.8, 4) is 12.3 Å². The van der Waals surface area contributed by atoms with Gasteiger partial charge in [0.25, 0.3) is 0 Å². The fraction of sp³-hybridized carbons (Fsp3) is 0.692. The monoisotopic (exact) mass is 316 g/mol. The molecule has 8 heteroatoms. The number of carbonyl (C=O) groups excluding carboxylic acids is 1. The van der Waals surface area contributed by atoms with E-state index in [4.69, 9.17) is 11.5 Å². The first-order valence-electron chi connectivity index (χ1n) is 6.77. The highest BCUT2D eigenvalue weighted by molar-refractivity contribution is 7.89. The van der Waals surface area contributed by atoms with Crippen LogP contribution in [0.5, 0.6) is 0 Å². The van der Waals surface area contributed by atoms with Crippen LogP contribution in [0.15, 0.2) is 0 Å². The second-order valence-corrected chi connectivity index (χ2v) is 6.92. The molecule has 1 N–H and O–H groups in total. The Morgan fingerprint density at radius 1 is 1.48 bits per heavy atom. The Kier molecular flexibility index (Phi) is 6.18. The van der Waals surface area contributed by atoms with Gasteiger partial charge < -0.3 is 10.0 Å². The molecule has 0 aromatic rings. The summed E-state index contributed by atoms with van der Waals surface area (Å²) in [7, 11) is -3.49. The van der Waals surface area contributed by atoms with Crippen LogP contribution in [0, 0.1) is 12.3 Å². The molecule has 1 heterocycles. The average Bonchev–Trinajstić information content (AvgIpc) is 2.86. The quantitative estimate of drug-likeness (QED) is 0.653. The van der Waals surface area contributed by atoms with Gasteiger partial charge in [-0.25, -0.2) is 8.42 Å². The Morgan fingerprint density at radius 2 is 2.14 bits per heavy atom. The topological polar surface area (TPSA) is 95.0 Å². The SMILES string of the molecule is C#CCN(CC(=O)O)C(=O)C1CCCN1S(=O)(=O)CCC. The normalized spacial score (nSPS) is 19.1. The lowest BCUT2D eigenvalue weighted by Gasteiger charge is -2.27. The number of nitrogens with zero attached hydrogens (tertiary/aromatic N) is 2. The highest BCUT2D eigenvalue weighted by Crippen LogP contribution is 2.23. The molecule has 1 saturated heterocycles. The third-order valence-corrected chi connectivity index (χ3v) is 5.30. The molecule has 1 atom stereocenters. The van der Waals surface area contributed by atoms with Gasteiger partial charge in [0.15, 0.2) is 0 Å². The summed E-state index contributed by atoms with van der Waals surface area (Å²) in [6.45, 7) is 1.36. The van der Waals surface area contributed by atoms with Crippen molar-refractivity contribution < 1.29 is 23.1 Å². The number of aliphatic carboxylic acids is 1. The van der Waals surface area contributed by atoms with Crippen LogP contribution in [-0.2, 0) is 19.6 Å². The molecular formula is C13H20N2O5S. The summed E-state index contributed by atoms with van der Waals surface area (Å²) < 4.78 is 25.5. The third kappa shape index (κ3) is 4.44. The number of amides is 1. The molecule has 0 spiro atoms. The molecule has 0 aromatic heterocycles. The number of hydrogen-bond acceptors (Lipinski definition) is 4. The molecule has 1 aliphatic heterocycles. The first-order valence-corrected chi connectivity index (χ1v) is 8.38. The Morgan fingerprint density at radius 3 is 2.67 bits per heavy atom. The van der Waals surface area contributed by atoms with Gasteiger partial charge in [0.2, 0.25) is 15.9 Å². The Hall–Kier alpha value is -1.59. The summed E-state index contributed by atoms with van der Waals surface area (Å²) in [4.78, 5) is 24.2. The zero-order valence-electron chi connectivity index (χ0n) is 12.0. The van der Waals surface area contributed by atoms with Crippen molar-refractivity contribution in [2.75, 3.05) is 25.4 Å². The zero-order chi connectivity index (χ0) is 16.0. The van der Waals surface area contributed by atoms with E-state index in [-0.39, 0.29) is 18.8 Å². The third-order valence-electron chi connectivity index (χ3n) is 3.23. The predicted octanol–water partition coefficient (Wildman–Crippen LogP) is -0.263. The van der Waals surface area contributed by atoms with E-state index in [0.29, 0.717) is 19.3 Å². The van der Waals surface area contributed by atoms with E-state index in [1.54, 1.807) is 6.92 Å². The maximum absolute atomic E-state index is 12.4. The van der Waals surface area contributed by atoms with E-state index in [1.165, 1.54) is 4.31 Å². The molecule has 21 heavy (non-hydrogen) atoms. The van der Waals surface area contributed by atoms with Crippen LogP contribution in [0.25, 0.3) is 0 Å². The number of terminal acetylenes is 1. The number of sulfonamides is 1. The Labute approximate surface area is 125 Å². The van der Waals surface area contributed by atoms with Gasteiger partial charge in [0, 0.05) is 6.54 Å². The number of hydrogen-bond donors (Lipinski definition) is 1. The molecule has 1 aliphatic rings. The van der Waals surface area contributed by atoms with Crippen molar-refractivity contribution in [1.29, 1.82) is 0 Å². The van der Waals surface area contributed by atoms with Gasteiger partial charge in [-0.05, 0) is 19.3 Å². The summed E-state index contributed by atoms with van der Waals surface area (Å²) in [5, 5.41) is 8.82. The smallest absolute Gasteiger partial charge is 0.323 e. The van der Waals surface area contributed by atoms with E-state index in [2.05, 4.69) is 5.92 Å². The molecule has 1 fully saturated rings. The minimum Gasteiger partial charge on any atom is -0.480 e. The fourth-order valence-electron chi connectivity index (χ4n) is 2.39. The van der Waals surface area contributed by atoms with Gasteiger partial charge in [-0.2, -0.15) is 4.31 Å². The standard InChI is InChI=1S/C13H20N2O5S/c1-3-7-14(10-12(16)17)13(18)11-6-5-8-15(11)21(19,20)9-4-2/h1,11H,4-10H2,2H3,(H,16,17). The Balaban J connectivity index is 2.93. The molecule has 0 radical (unpaired) electrons. The van der Waals surface area contributed by atoms with Crippen molar-refractivity contribution >= 4 is 21.9 Å². The molecule has 7 nitrogen and oxygen atoms in total. The van der Waals surface area contributed by atoms with Crippen molar-refractivity contribution in [2.24, 2.45) is 0 Å².